The van der Waals surface area contributed by atoms with Crippen molar-refractivity contribution in [3.63, 3.8) is 0 Å². The van der Waals surface area contributed by atoms with Crippen LogP contribution in [0, 0.1) is 6.92 Å². The fraction of sp³-hybridized carbons (Fsp3) is 0.250. The molecule has 0 fully saturated rings. The minimum atomic E-state index is -0.611. The topological polar surface area (TPSA) is 122 Å². The number of carbonyl (C=O) groups is 2. The summed E-state index contributed by atoms with van der Waals surface area (Å²) in [6.45, 7) is 3.52. The molecule has 38 heavy (non-hydrogen) atoms. The average Bonchev–Trinajstić information content (AvgIpc) is 3.18. The van der Waals surface area contributed by atoms with Gasteiger partial charge in [0.2, 0.25) is 5.75 Å². The molecule has 3 aromatic rings. The molecule has 0 unspecified atom stereocenters. The zero-order valence-electron chi connectivity index (χ0n) is 22.1. The summed E-state index contributed by atoms with van der Waals surface area (Å²) in [6, 6.07) is 10.4. The Labute approximate surface area is 220 Å². The highest BCUT2D eigenvalue weighted by atomic mass is 16.5. The van der Waals surface area contributed by atoms with Crippen molar-refractivity contribution < 1.29 is 33.3 Å². The van der Waals surface area contributed by atoms with Crippen LogP contribution in [0.25, 0.3) is 11.6 Å². The van der Waals surface area contributed by atoms with Crippen LogP contribution in [0.5, 0.6) is 23.0 Å². The first kappa shape index (κ1) is 26.3. The molecule has 0 aliphatic carbocycles. The average molecular weight is 520 g/mol. The highest BCUT2D eigenvalue weighted by Gasteiger charge is 2.39. The van der Waals surface area contributed by atoms with E-state index in [0.29, 0.717) is 51.3 Å². The number of fused-ring (bicyclic) bond motifs is 1. The molecule has 0 saturated heterocycles. The summed E-state index contributed by atoms with van der Waals surface area (Å²) < 4.78 is 26.8. The predicted molar refractivity (Wildman–Crippen MR) is 143 cm³/mol. The Morgan fingerprint density at radius 2 is 1.63 bits per heavy atom. The molecule has 0 atom stereocenters. The SMILES string of the molecule is CCOC(=O)c1c(C)nc2c(c1N)/C(=C/c1cc(OC)c(OC)c(OC)c1)C(=O)N2c1ccc(OC)cc1. The molecular formula is C28H29N3O7. The monoisotopic (exact) mass is 519 g/mol. The van der Waals surface area contributed by atoms with Crippen molar-refractivity contribution in [3.8, 4) is 23.0 Å². The molecule has 10 nitrogen and oxygen atoms in total. The largest absolute Gasteiger partial charge is 0.497 e. The molecule has 1 aliphatic rings. The first-order valence-electron chi connectivity index (χ1n) is 11.8. The Balaban J connectivity index is 1.98. The number of anilines is 3. The van der Waals surface area contributed by atoms with Gasteiger partial charge in [0.15, 0.2) is 17.3 Å². The number of nitrogens with two attached hydrogens (primary N) is 1. The van der Waals surface area contributed by atoms with Gasteiger partial charge in [-0.3, -0.25) is 9.69 Å². The van der Waals surface area contributed by atoms with Crippen molar-refractivity contribution in [2.45, 2.75) is 13.8 Å². The van der Waals surface area contributed by atoms with Crippen LogP contribution in [-0.4, -0.2) is 51.9 Å². The second-order valence-corrected chi connectivity index (χ2v) is 8.26. The number of pyridine rings is 1. The summed E-state index contributed by atoms with van der Waals surface area (Å²) in [5.74, 6) is 1.20. The fourth-order valence-electron chi connectivity index (χ4n) is 4.38. The molecule has 198 valence electrons. The second kappa shape index (κ2) is 10.7. The number of benzene rings is 2. The number of hydrogen-bond donors (Lipinski definition) is 1. The van der Waals surface area contributed by atoms with Gasteiger partial charge in [0.1, 0.15) is 11.3 Å². The Hall–Kier alpha value is -4.73. The van der Waals surface area contributed by atoms with Crippen LogP contribution in [0.2, 0.25) is 0 Å². The number of carbonyl (C=O) groups excluding carboxylic acids is 2. The molecule has 0 radical (unpaired) electrons. The fourth-order valence-corrected chi connectivity index (χ4v) is 4.38. The van der Waals surface area contributed by atoms with E-state index in [1.54, 1.807) is 63.4 Å². The minimum absolute atomic E-state index is 0.106. The van der Waals surface area contributed by atoms with Gasteiger partial charge >= 0.3 is 5.97 Å². The van der Waals surface area contributed by atoms with Crippen LogP contribution in [0.1, 0.15) is 34.1 Å². The molecule has 2 N–H and O–H groups in total. The van der Waals surface area contributed by atoms with Crippen LogP contribution in [-0.2, 0) is 9.53 Å². The number of nitrogen functional groups attached to an aromatic ring is 1. The number of rotatable bonds is 8. The lowest BCUT2D eigenvalue weighted by molar-refractivity contribution is -0.112. The normalized spacial score (nSPS) is 13.4. The number of nitrogens with zero attached hydrogens (tertiary/aromatic N) is 2. The van der Waals surface area contributed by atoms with Crippen LogP contribution < -0.4 is 29.6 Å². The van der Waals surface area contributed by atoms with E-state index in [2.05, 4.69) is 4.98 Å². The van der Waals surface area contributed by atoms with Gasteiger partial charge in [0.25, 0.3) is 5.91 Å². The Morgan fingerprint density at radius 1 is 1.00 bits per heavy atom. The van der Waals surface area contributed by atoms with Crippen molar-refractivity contribution in [3.05, 3.63) is 58.8 Å². The molecule has 1 aromatic heterocycles. The first-order chi connectivity index (χ1) is 18.3. The number of amides is 1. The van der Waals surface area contributed by atoms with E-state index in [0.717, 1.165) is 0 Å². The molecule has 4 rings (SSSR count). The maximum atomic E-state index is 14.0. The lowest BCUT2D eigenvalue weighted by Gasteiger charge is -2.18. The lowest BCUT2D eigenvalue weighted by atomic mass is 10.00. The van der Waals surface area contributed by atoms with Gasteiger partial charge < -0.3 is 29.4 Å². The van der Waals surface area contributed by atoms with Gasteiger partial charge in [-0.15, -0.1) is 0 Å². The summed E-state index contributed by atoms with van der Waals surface area (Å²) >= 11 is 0. The van der Waals surface area contributed by atoms with E-state index in [4.69, 9.17) is 29.4 Å². The van der Waals surface area contributed by atoms with Gasteiger partial charge in [-0.25, -0.2) is 9.78 Å². The van der Waals surface area contributed by atoms with E-state index in [9.17, 15) is 9.59 Å². The zero-order valence-corrected chi connectivity index (χ0v) is 22.1. The third-order valence-electron chi connectivity index (χ3n) is 6.12. The molecule has 10 heteroatoms. The van der Waals surface area contributed by atoms with Crippen molar-refractivity contribution in [2.24, 2.45) is 0 Å². The molecule has 0 spiro atoms. The molecule has 2 aromatic carbocycles. The summed E-state index contributed by atoms with van der Waals surface area (Å²) in [5.41, 5.74) is 8.84. The molecular weight excluding hydrogens is 490 g/mol. The van der Waals surface area contributed by atoms with E-state index in [-0.39, 0.29) is 29.3 Å². The van der Waals surface area contributed by atoms with Crippen LogP contribution in [0.15, 0.2) is 36.4 Å². The van der Waals surface area contributed by atoms with Gasteiger partial charge in [-0.1, -0.05) is 0 Å². The summed E-state index contributed by atoms with van der Waals surface area (Å²) in [4.78, 5) is 32.8. The zero-order chi connectivity index (χ0) is 27.6. The number of ether oxygens (including phenoxy) is 5. The quantitative estimate of drug-likeness (QED) is 0.341. The van der Waals surface area contributed by atoms with E-state index in [1.165, 1.54) is 26.2 Å². The third-order valence-corrected chi connectivity index (χ3v) is 6.12. The summed E-state index contributed by atoms with van der Waals surface area (Å²) in [6.07, 6.45) is 1.65. The molecule has 2 heterocycles. The van der Waals surface area contributed by atoms with Gasteiger partial charge in [0.05, 0.1) is 63.3 Å². The molecule has 1 amide bonds. The second-order valence-electron chi connectivity index (χ2n) is 8.26. The summed E-state index contributed by atoms with van der Waals surface area (Å²) in [7, 11) is 6.08. The maximum Gasteiger partial charge on any atom is 0.342 e. The lowest BCUT2D eigenvalue weighted by Crippen LogP contribution is -2.21. The van der Waals surface area contributed by atoms with Gasteiger partial charge in [-0.2, -0.15) is 0 Å². The Kier molecular flexibility index (Phi) is 7.43. The number of aryl methyl sites for hydroxylation is 1. The van der Waals surface area contributed by atoms with E-state index in [1.807, 2.05) is 0 Å². The minimum Gasteiger partial charge on any atom is -0.497 e. The van der Waals surface area contributed by atoms with Crippen molar-refractivity contribution in [1.29, 1.82) is 0 Å². The number of esters is 1. The first-order valence-corrected chi connectivity index (χ1v) is 11.8. The number of hydrogen-bond acceptors (Lipinski definition) is 9. The smallest absolute Gasteiger partial charge is 0.342 e. The standard InChI is InChI=1S/C28H29N3O7/c1-7-38-28(33)22-15(2)30-26-23(24(22)29)19(27(32)31(26)17-8-10-18(34-3)11-9-17)12-16-13-20(35-4)25(37-6)21(14-16)36-5/h8-14H,7H2,1-6H3,(H2,29,30)/b19-12-. The van der Waals surface area contributed by atoms with Crippen LogP contribution >= 0.6 is 0 Å². The number of aromatic nitrogens is 1. The highest BCUT2D eigenvalue weighted by Crippen LogP contribution is 2.47. The van der Waals surface area contributed by atoms with Gasteiger partial charge in [-0.05, 0) is 61.9 Å². The van der Waals surface area contributed by atoms with Crippen LogP contribution in [0.3, 0.4) is 0 Å². The maximum absolute atomic E-state index is 14.0. The van der Waals surface area contributed by atoms with Crippen LogP contribution in [0.4, 0.5) is 17.2 Å². The van der Waals surface area contributed by atoms with Crippen molar-refractivity contribution >= 4 is 40.7 Å². The molecule has 1 aliphatic heterocycles. The van der Waals surface area contributed by atoms with E-state index < -0.39 is 5.97 Å². The Morgan fingerprint density at radius 3 is 2.16 bits per heavy atom. The molecule has 0 saturated carbocycles. The highest BCUT2D eigenvalue weighted by molar-refractivity contribution is 6.39. The summed E-state index contributed by atoms with van der Waals surface area (Å²) in [5, 5.41) is 0. The number of methoxy groups -OCH3 is 4. The Bertz CT molecular complexity index is 1410. The predicted octanol–water partition coefficient (Wildman–Crippen LogP) is 4.40. The van der Waals surface area contributed by atoms with Gasteiger partial charge in [0, 0.05) is 0 Å². The van der Waals surface area contributed by atoms with Crippen molar-refractivity contribution in [2.75, 3.05) is 45.7 Å². The molecule has 0 bridgehead atoms. The van der Waals surface area contributed by atoms with E-state index >= 15 is 0 Å². The van der Waals surface area contributed by atoms with Crippen molar-refractivity contribution in [1.82, 2.24) is 4.98 Å². The third kappa shape index (κ3) is 4.45.